The van der Waals surface area contributed by atoms with Crippen LogP contribution in [0.25, 0.3) is 0 Å². The Hall–Kier alpha value is -2.38. The topological polar surface area (TPSA) is 105 Å². The van der Waals surface area contributed by atoms with Gasteiger partial charge in [-0.25, -0.2) is 0 Å². The highest BCUT2D eigenvalue weighted by Gasteiger charge is 2.17. The van der Waals surface area contributed by atoms with Gasteiger partial charge < -0.3 is 9.68 Å². The largest absolute Gasteiger partial charge is 0.311 e. The van der Waals surface area contributed by atoms with Crippen LogP contribution in [0.4, 0.5) is 0 Å². The van der Waals surface area contributed by atoms with Gasteiger partial charge in [-0.15, -0.1) is 20.2 Å². The van der Waals surface area contributed by atoms with E-state index in [1.54, 1.807) is 24.3 Å². The highest BCUT2D eigenvalue weighted by molar-refractivity contribution is 5.23. The van der Waals surface area contributed by atoms with Gasteiger partial charge in [0.15, 0.2) is 6.10 Å². The lowest BCUT2D eigenvalue weighted by atomic mass is 10.1. The van der Waals surface area contributed by atoms with Gasteiger partial charge in [-0.05, 0) is 12.5 Å². The van der Waals surface area contributed by atoms with Crippen molar-refractivity contribution in [2.24, 2.45) is 0 Å². The first kappa shape index (κ1) is 12.7. The molecule has 0 heterocycles. The lowest BCUT2D eigenvalue weighted by Gasteiger charge is -2.13. The van der Waals surface area contributed by atoms with E-state index in [4.69, 9.17) is 0 Å². The molecule has 0 bridgehead atoms. The van der Waals surface area contributed by atoms with Gasteiger partial charge >= 0.3 is 0 Å². The predicted molar refractivity (Wildman–Crippen MR) is 54.9 cm³/mol. The van der Waals surface area contributed by atoms with Gasteiger partial charge in [-0.3, -0.25) is 0 Å². The molecule has 1 aromatic carbocycles. The monoisotopic (exact) mass is 242 g/mol. The van der Waals surface area contributed by atoms with Gasteiger partial charge in [0.2, 0.25) is 0 Å². The number of nitrogens with zero attached hydrogens (tertiary/aromatic N) is 2. The lowest BCUT2D eigenvalue weighted by molar-refractivity contribution is -0.792. The van der Waals surface area contributed by atoms with Crippen molar-refractivity contribution in [3.05, 3.63) is 55.6 Å². The van der Waals surface area contributed by atoms with E-state index in [-0.39, 0.29) is 0 Å². The first-order valence-electron chi connectivity index (χ1n) is 4.64. The summed E-state index contributed by atoms with van der Waals surface area (Å²) < 4.78 is 0. The van der Waals surface area contributed by atoms with Gasteiger partial charge in [0, 0.05) is 0 Å². The van der Waals surface area contributed by atoms with E-state index >= 15 is 0 Å². The SMILES string of the molecule is Cc1ccc(C(CO[N+](=O)[O-])O[N+](=O)[O-])cc1. The molecule has 0 aromatic heterocycles. The van der Waals surface area contributed by atoms with Gasteiger partial charge in [0.05, 0.1) is 0 Å². The highest BCUT2D eigenvalue weighted by atomic mass is 17.0. The Balaban J connectivity index is 2.77. The molecule has 0 spiro atoms. The molecule has 8 nitrogen and oxygen atoms in total. The summed E-state index contributed by atoms with van der Waals surface area (Å²) in [5.41, 5.74) is 1.40. The summed E-state index contributed by atoms with van der Waals surface area (Å²) in [5, 5.41) is 18.3. The Morgan fingerprint density at radius 3 is 2.24 bits per heavy atom. The fourth-order valence-electron chi connectivity index (χ4n) is 1.20. The van der Waals surface area contributed by atoms with Crippen LogP contribution in [0.15, 0.2) is 24.3 Å². The van der Waals surface area contributed by atoms with Gasteiger partial charge in [0.25, 0.3) is 10.2 Å². The quantitative estimate of drug-likeness (QED) is 0.552. The van der Waals surface area contributed by atoms with Crippen molar-refractivity contribution < 1.29 is 19.8 Å². The molecule has 0 aliphatic carbocycles. The first-order chi connectivity index (χ1) is 7.99. The average molecular weight is 242 g/mol. The van der Waals surface area contributed by atoms with Crippen molar-refractivity contribution >= 4 is 0 Å². The van der Waals surface area contributed by atoms with Crippen molar-refractivity contribution in [3.63, 3.8) is 0 Å². The third kappa shape index (κ3) is 4.33. The summed E-state index contributed by atoms with van der Waals surface area (Å²) >= 11 is 0. The number of aryl methyl sites for hydroxylation is 1. The molecule has 1 unspecified atom stereocenters. The van der Waals surface area contributed by atoms with Crippen LogP contribution in [0, 0.1) is 27.2 Å². The first-order valence-corrected chi connectivity index (χ1v) is 4.64. The van der Waals surface area contributed by atoms with Crippen LogP contribution in [0.5, 0.6) is 0 Å². The Bertz CT molecular complexity index is 404. The third-order valence-corrected chi connectivity index (χ3v) is 1.99. The Morgan fingerprint density at radius 1 is 1.18 bits per heavy atom. The smallest absolute Gasteiger partial charge is 0.295 e. The third-order valence-electron chi connectivity index (χ3n) is 1.99. The van der Waals surface area contributed by atoms with Crippen LogP contribution in [-0.2, 0) is 9.68 Å². The maximum absolute atomic E-state index is 10.3. The molecule has 0 aliphatic rings. The van der Waals surface area contributed by atoms with E-state index in [0.29, 0.717) is 5.56 Å². The molecule has 0 aliphatic heterocycles. The Morgan fingerprint density at radius 2 is 1.76 bits per heavy atom. The second-order valence-corrected chi connectivity index (χ2v) is 3.25. The zero-order chi connectivity index (χ0) is 12.8. The van der Waals surface area contributed by atoms with Crippen LogP contribution < -0.4 is 0 Å². The number of rotatable bonds is 6. The summed E-state index contributed by atoms with van der Waals surface area (Å²) in [7, 11) is 0. The zero-order valence-corrected chi connectivity index (χ0v) is 8.94. The van der Waals surface area contributed by atoms with E-state index in [1.807, 2.05) is 6.92 Å². The fourth-order valence-corrected chi connectivity index (χ4v) is 1.20. The molecule has 0 amide bonds. The maximum Gasteiger partial charge on any atom is 0.295 e. The van der Waals surface area contributed by atoms with Gasteiger partial charge in [0.1, 0.15) is 6.61 Å². The van der Waals surface area contributed by atoms with Gasteiger partial charge in [-0.2, -0.15) is 0 Å². The lowest BCUT2D eigenvalue weighted by Crippen LogP contribution is -2.17. The molecule has 1 atom stereocenters. The normalized spacial score (nSPS) is 11.6. The number of benzene rings is 1. The van der Waals surface area contributed by atoms with Gasteiger partial charge in [-0.1, -0.05) is 29.8 Å². The van der Waals surface area contributed by atoms with Crippen LogP contribution in [0.3, 0.4) is 0 Å². The molecular formula is C9H10N2O6. The average Bonchev–Trinajstić information content (AvgIpc) is 2.25. The van der Waals surface area contributed by atoms with E-state index < -0.39 is 22.9 Å². The van der Waals surface area contributed by atoms with Crippen molar-refractivity contribution in [2.75, 3.05) is 6.61 Å². The minimum absolute atomic E-state index is 0.439. The highest BCUT2D eigenvalue weighted by Crippen LogP contribution is 2.18. The van der Waals surface area contributed by atoms with E-state index in [2.05, 4.69) is 9.68 Å². The second-order valence-electron chi connectivity index (χ2n) is 3.25. The fraction of sp³-hybridized carbons (Fsp3) is 0.333. The van der Waals surface area contributed by atoms with Crippen molar-refractivity contribution in [1.82, 2.24) is 0 Å². The molecule has 0 saturated carbocycles. The summed E-state index contributed by atoms with van der Waals surface area (Å²) in [5.74, 6) is 0. The maximum atomic E-state index is 10.3. The van der Waals surface area contributed by atoms with Crippen LogP contribution in [0.2, 0.25) is 0 Å². The molecule has 0 saturated heterocycles. The Labute approximate surface area is 96.0 Å². The van der Waals surface area contributed by atoms with Crippen LogP contribution >= 0.6 is 0 Å². The minimum atomic E-state index is -1.11. The number of hydrogen-bond donors (Lipinski definition) is 0. The summed E-state index contributed by atoms with van der Waals surface area (Å²) in [4.78, 5) is 28.7. The van der Waals surface area contributed by atoms with Crippen molar-refractivity contribution in [1.29, 1.82) is 0 Å². The molecule has 17 heavy (non-hydrogen) atoms. The zero-order valence-electron chi connectivity index (χ0n) is 8.94. The molecule has 1 rings (SSSR count). The second kappa shape index (κ2) is 5.64. The van der Waals surface area contributed by atoms with E-state index in [9.17, 15) is 20.2 Å². The summed E-state index contributed by atoms with van der Waals surface area (Å²) in [6, 6.07) is 6.62. The summed E-state index contributed by atoms with van der Waals surface area (Å²) in [6.07, 6.45) is -1.11. The van der Waals surface area contributed by atoms with E-state index in [1.165, 1.54) is 0 Å². The van der Waals surface area contributed by atoms with Crippen molar-refractivity contribution in [3.8, 4) is 0 Å². The number of hydrogen-bond acceptors (Lipinski definition) is 6. The Kier molecular flexibility index (Phi) is 4.21. The van der Waals surface area contributed by atoms with E-state index in [0.717, 1.165) is 5.56 Å². The summed E-state index contributed by atoms with van der Waals surface area (Å²) in [6.45, 7) is 1.32. The molecule has 1 aromatic rings. The van der Waals surface area contributed by atoms with Crippen LogP contribution in [0.1, 0.15) is 17.2 Å². The molecular weight excluding hydrogens is 232 g/mol. The molecule has 0 fully saturated rings. The molecule has 0 N–H and O–H groups in total. The molecule has 92 valence electrons. The standard InChI is InChI=1S/C9H10N2O6/c1-7-2-4-8(5-3-7)9(17-11(14)15)6-16-10(12)13/h2-5,9H,6H2,1H3. The van der Waals surface area contributed by atoms with Crippen LogP contribution in [-0.4, -0.2) is 16.8 Å². The predicted octanol–water partition coefficient (Wildman–Crippen LogP) is 1.45. The van der Waals surface area contributed by atoms with Crippen molar-refractivity contribution in [2.45, 2.75) is 13.0 Å². The minimum Gasteiger partial charge on any atom is -0.311 e. The molecule has 8 heteroatoms. The molecule has 0 radical (unpaired) electrons.